The van der Waals surface area contributed by atoms with Crippen molar-refractivity contribution in [2.45, 2.75) is 53.0 Å². The molecule has 0 aromatic heterocycles. The highest BCUT2D eigenvalue weighted by atomic mass is 15.3. The molecule has 0 heterocycles. The van der Waals surface area contributed by atoms with Crippen molar-refractivity contribution in [3.8, 4) is 0 Å². The van der Waals surface area contributed by atoms with E-state index in [1.165, 1.54) is 11.1 Å². The van der Waals surface area contributed by atoms with Gasteiger partial charge >= 0.3 is 0 Å². The summed E-state index contributed by atoms with van der Waals surface area (Å²) < 4.78 is 0. The number of nitrogens with one attached hydrogen (secondary N) is 2. The molecule has 0 bridgehead atoms. The maximum Gasteiger partial charge on any atom is 0.200 e. The minimum atomic E-state index is 0.198. The van der Waals surface area contributed by atoms with Crippen LogP contribution in [-0.4, -0.2) is 12.0 Å². The van der Waals surface area contributed by atoms with Gasteiger partial charge in [0.2, 0.25) is 0 Å². The van der Waals surface area contributed by atoms with Gasteiger partial charge in [0.25, 0.3) is 0 Å². The van der Waals surface area contributed by atoms with E-state index in [-0.39, 0.29) is 6.04 Å². The largest absolute Gasteiger partial charge is 0.326 e. The van der Waals surface area contributed by atoms with Crippen LogP contribution in [0.3, 0.4) is 0 Å². The monoisotopic (exact) mass is 323 g/mol. The number of hydrogen-bond acceptors (Lipinski definition) is 1. The quantitative estimate of drug-likeness (QED) is 0.552. The van der Waals surface area contributed by atoms with Gasteiger partial charge in [0.1, 0.15) is 0 Å². The fraction of sp³-hybridized carbons (Fsp3) is 0.381. The highest BCUT2D eigenvalue weighted by Crippen LogP contribution is 2.25. The smallest absolute Gasteiger partial charge is 0.200 e. The number of para-hydroxylation sites is 1. The van der Waals surface area contributed by atoms with Crippen LogP contribution in [0.2, 0.25) is 0 Å². The Balaban J connectivity index is 2.30. The molecule has 3 nitrogen and oxygen atoms in total. The van der Waals surface area contributed by atoms with Crippen LogP contribution in [0.1, 0.15) is 51.7 Å². The van der Waals surface area contributed by atoms with Crippen LogP contribution in [0.4, 0.5) is 11.4 Å². The van der Waals surface area contributed by atoms with E-state index in [9.17, 15) is 0 Å². The Morgan fingerprint density at radius 3 is 2.38 bits per heavy atom. The van der Waals surface area contributed by atoms with Crippen LogP contribution < -0.4 is 10.2 Å². The maximum atomic E-state index is 8.63. The van der Waals surface area contributed by atoms with Gasteiger partial charge in [0.15, 0.2) is 5.96 Å². The zero-order valence-corrected chi connectivity index (χ0v) is 15.4. The summed E-state index contributed by atoms with van der Waals surface area (Å²) in [7, 11) is 0. The standard InChI is InChI=1S/C21H29N3/c1-6-17-10-9-11-18(14-17)24(16(4)5)21(22)23-20-13-8-7-12-19(20)15(2)3/h7-16H,6H2,1-5H3,(H2,22,23). The second-order valence-electron chi connectivity index (χ2n) is 6.70. The number of anilines is 2. The van der Waals surface area contributed by atoms with Crippen LogP contribution in [0, 0.1) is 5.41 Å². The van der Waals surface area contributed by atoms with Crippen molar-refractivity contribution >= 4 is 17.3 Å². The molecule has 0 unspecified atom stereocenters. The summed E-state index contributed by atoms with van der Waals surface area (Å²) in [4.78, 5) is 2.04. The van der Waals surface area contributed by atoms with Gasteiger partial charge in [-0.3, -0.25) is 5.41 Å². The lowest BCUT2D eigenvalue weighted by Gasteiger charge is -2.30. The Hall–Kier alpha value is -2.29. The fourth-order valence-corrected chi connectivity index (χ4v) is 2.91. The molecular weight excluding hydrogens is 294 g/mol. The van der Waals surface area contributed by atoms with Crippen molar-refractivity contribution < 1.29 is 0 Å². The minimum absolute atomic E-state index is 0.198. The zero-order valence-electron chi connectivity index (χ0n) is 15.4. The van der Waals surface area contributed by atoms with Gasteiger partial charge in [0.05, 0.1) is 0 Å². The molecule has 0 fully saturated rings. The van der Waals surface area contributed by atoms with E-state index in [0.717, 1.165) is 17.8 Å². The number of nitrogens with zero attached hydrogens (tertiary/aromatic N) is 1. The SMILES string of the molecule is CCc1cccc(N(C(=N)Nc2ccccc2C(C)C)C(C)C)c1. The van der Waals surface area contributed by atoms with Crippen molar-refractivity contribution in [1.82, 2.24) is 0 Å². The molecule has 2 aromatic rings. The van der Waals surface area contributed by atoms with Gasteiger partial charge in [-0.25, -0.2) is 0 Å². The van der Waals surface area contributed by atoms with Gasteiger partial charge in [-0.2, -0.15) is 0 Å². The van der Waals surface area contributed by atoms with Crippen LogP contribution in [0.5, 0.6) is 0 Å². The average molecular weight is 323 g/mol. The van der Waals surface area contributed by atoms with E-state index in [2.05, 4.69) is 76.3 Å². The van der Waals surface area contributed by atoms with Crippen molar-refractivity contribution in [2.75, 3.05) is 10.2 Å². The number of hydrogen-bond donors (Lipinski definition) is 2. The summed E-state index contributed by atoms with van der Waals surface area (Å²) in [5.41, 5.74) is 4.58. The summed E-state index contributed by atoms with van der Waals surface area (Å²) >= 11 is 0. The molecule has 0 aliphatic carbocycles. The zero-order chi connectivity index (χ0) is 17.7. The molecule has 0 amide bonds. The third kappa shape index (κ3) is 4.16. The lowest BCUT2D eigenvalue weighted by molar-refractivity contribution is 0.800. The Kier molecular flexibility index (Phi) is 6.02. The van der Waals surface area contributed by atoms with Crippen molar-refractivity contribution in [3.63, 3.8) is 0 Å². The first-order valence-electron chi connectivity index (χ1n) is 8.76. The molecule has 0 saturated carbocycles. The molecule has 2 N–H and O–H groups in total. The first-order chi connectivity index (χ1) is 11.4. The van der Waals surface area contributed by atoms with Crippen LogP contribution in [0.15, 0.2) is 48.5 Å². The van der Waals surface area contributed by atoms with E-state index in [1.807, 2.05) is 17.0 Å². The molecule has 0 saturated heterocycles. The second-order valence-corrected chi connectivity index (χ2v) is 6.70. The molecule has 0 atom stereocenters. The molecule has 0 spiro atoms. The summed E-state index contributed by atoms with van der Waals surface area (Å²) in [5.74, 6) is 0.823. The molecule has 3 heteroatoms. The highest BCUT2D eigenvalue weighted by Gasteiger charge is 2.17. The number of benzene rings is 2. The lowest BCUT2D eigenvalue weighted by atomic mass is 10.0. The predicted octanol–water partition coefficient (Wildman–Crippen LogP) is 5.63. The molecular formula is C21H29N3. The van der Waals surface area contributed by atoms with E-state index in [4.69, 9.17) is 5.41 Å². The van der Waals surface area contributed by atoms with Gasteiger partial charge in [-0.05, 0) is 55.5 Å². The van der Waals surface area contributed by atoms with E-state index >= 15 is 0 Å². The Morgan fingerprint density at radius 2 is 1.75 bits per heavy atom. The maximum absolute atomic E-state index is 8.63. The Bertz CT molecular complexity index is 689. The molecule has 128 valence electrons. The van der Waals surface area contributed by atoms with E-state index < -0.39 is 0 Å². The normalized spacial score (nSPS) is 11.0. The van der Waals surface area contributed by atoms with Crippen LogP contribution >= 0.6 is 0 Å². The fourth-order valence-electron chi connectivity index (χ4n) is 2.91. The lowest BCUT2D eigenvalue weighted by Crippen LogP contribution is -2.41. The van der Waals surface area contributed by atoms with Gasteiger partial charge in [-0.1, -0.05) is 51.1 Å². The first-order valence-corrected chi connectivity index (χ1v) is 8.76. The Labute approximate surface area is 146 Å². The minimum Gasteiger partial charge on any atom is -0.326 e. The van der Waals surface area contributed by atoms with Crippen molar-refractivity contribution in [3.05, 3.63) is 59.7 Å². The molecule has 2 rings (SSSR count). The van der Waals surface area contributed by atoms with Crippen molar-refractivity contribution in [1.29, 1.82) is 5.41 Å². The summed E-state index contributed by atoms with van der Waals surface area (Å²) in [6, 6.07) is 16.9. The number of guanidine groups is 1. The van der Waals surface area contributed by atoms with Crippen molar-refractivity contribution in [2.24, 2.45) is 0 Å². The highest BCUT2D eigenvalue weighted by molar-refractivity contribution is 6.04. The van der Waals surface area contributed by atoms with Gasteiger partial charge in [-0.15, -0.1) is 0 Å². The Morgan fingerprint density at radius 1 is 1.04 bits per heavy atom. The topological polar surface area (TPSA) is 39.1 Å². The first kappa shape index (κ1) is 18.1. The summed E-state index contributed by atoms with van der Waals surface area (Å²) in [6.07, 6.45) is 0.997. The van der Waals surface area contributed by atoms with Gasteiger partial charge in [0, 0.05) is 17.4 Å². The number of rotatable bonds is 5. The molecule has 0 aliphatic heterocycles. The average Bonchev–Trinajstić information content (AvgIpc) is 2.55. The predicted molar refractivity (Wildman–Crippen MR) is 105 cm³/mol. The third-order valence-corrected chi connectivity index (χ3v) is 4.19. The molecule has 2 aromatic carbocycles. The van der Waals surface area contributed by atoms with Crippen LogP contribution in [0.25, 0.3) is 0 Å². The van der Waals surface area contributed by atoms with E-state index in [1.54, 1.807) is 0 Å². The van der Waals surface area contributed by atoms with Crippen LogP contribution in [-0.2, 0) is 6.42 Å². The second kappa shape index (κ2) is 8.00. The third-order valence-electron chi connectivity index (χ3n) is 4.19. The molecule has 24 heavy (non-hydrogen) atoms. The molecule has 0 aliphatic rings. The summed E-state index contributed by atoms with van der Waals surface area (Å²) in [5, 5.41) is 11.9. The number of aryl methyl sites for hydroxylation is 1. The van der Waals surface area contributed by atoms with E-state index in [0.29, 0.717) is 11.9 Å². The summed E-state index contributed by atoms with van der Waals surface area (Å²) in [6.45, 7) is 10.7. The molecule has 0 radical (unpaired) electrons. The van der Waals surface area contributed by atoms with Gasteiger partial charge < -0.3 is 10.2 Å².